The van der Waals surface area contributed by atoms with Crippen LogP contribution in [-0.2, 0) is 0 Å². The van der Waals surface area contributed by atoms with Crippen LogP contribution in [0.5, 0.6) is 5.75 Å². The number of ether oxygens (including phenoxy) is 1. The number of nitrogens with one attached hydrogen (secondary N) is 1. The molecular formula is C20H13N3O3. The lowest BCUT2D eigenvalue weighted by atomic mass is 10.1. The first kappa shape index (κ1) is 14.7. The number of benzene rings is 2. The highest BCUT2D eigenvalue weighted by molar-refractivity contribution is 6.03. The van der Waals surface area contributed by atoms with E-state index in [2.05, 4.69) is 15.0 Å². The minimum Gasteiger partial charge on any atom is -0.497 e. The van der Waals surface area contributed by atoms with Crippen molar-refractivity contribution in [3.8, 4) is 17.1 Å². The summed E-state index contributed by atoms with van der Waals surface area (Å²) in [4.78, 5) is 24.7. The number of aromatic amines is 1. The Bertz CT molecular complexity index is 1350. The number of hydrogen-bond acceptors (Lipinski definition) is 5. The van der Waals surface area contributed by atoms with Gasteiger partial charge in [-0.1, -0.05) is 0 Å². The maximum Gasteiger partial charge on any atom is 0.347 e. The van der Waals surface area contributed by atoms with E-state index in [1.807, 2.05) is 36.4 Å². The van der Waals surface area contributed by atoms with Gasteiger partial charge in [-0.05, 0) is 42.5 Å². The Morgan fingerprint density at radius 1 is 1.12 bits per heavy atom. The van der Waals surface area contributed by atoms with Crippen molar-refractivity contribution >= 4 is 32.9 Å². The highest BCUT2D eigenvalue weighted by Crippen LogP contribution is 2.27. The molecule has 0 atom stereocenters. The number of hydrogen-bond donors (Lipinski definition) is 1. The molecule has 1 N–H and O–H groups in total. The summed E-state index contributed by atoms with van der Waals surface area (Å²) >= 11 is 0. The van der Waals surface area contributed by atoms with Gasteiger partial charge in [-0.25, -0.2) is 9.78 Å². The summed E-state index contributed by atoms with van der Waals surface area (Å²) in [6, 6.07) is 14.8. The topological polar surface area (TPSA) is 81.0 Å². The zero-order valence-corrected chi connectivity index (χ0v) is 13.8. The monoisotopic (exact) mass is 343 g/mol. The second-order valence-electron chi connectivity index (χ2n) is 5.97. The number of rotatable bonds is 2. The summed E-state index contributed by atoms with van der Waals surface area (Å²) < 4.78 is 10.6. The van der Waals surface area contributed by atoms with E-state index in [-0.39, 0.29) is 0 Å². The Balaban J connectivity index is 1.75. The first-order chi connectivity index (χ1) is 12.7. The van der Waals surface area contributed by atoms with Gasteiger partial charge < -0.3 is 14.1 Å². The third-order valence-electron chi connectivity index (χ3n) is 4.43. The standard InChI is InChI=1S/C20H13N3O3/c1-25-12-5-4-11-9-14(20(24)26-17(11)10-12)19-22-16-7-6-15-13(18(16)23-19)3-2-8-21-15/h2-10H,1H3,(H,22,23). The minimum atomic E-state index is -0.452. The van der Waals surface area contributed by atoms with E-state index in [0.29, 0.717) is 22.7 Å². The van der Waals surface area contributed by atoms with E-state index >= 15 is 0 Å². The molecular weight excluding hydrogens is 330 g/mol. The van der Waals surface area contributed by atoms with Crippen molar-refractivity contribution < 1.29 is 9.15 Å². The fourth-order valence-corrected chi connectivity index (χ4v) is 3.14. The van der Waals surface area contributed by atoms with Crippen molar-refractivity contribution in [3.05, 3.63) is 65.1 Å². The molecule has 5 rings (SSSR count). The van der Waals surface area contributed by atoms with Gasteiger partial charge in [0.15, 0.2) is 0 Å². The molecule has 0 radical (unpaired) electrons. The quantitative estimate of drug-likeness (QED) is 0.492. The molecule has 0 amide bonds. The number of fused-ring (bicyclic) bond motifs is 4. The Kier molecular flexibility index (Phi) is 3.05. The maximum atomic E-state index is 12.5. The van der Waals surface area contributed by atoms with Crippen molar-refractivity contribution in [2.75, 3.05) is 7.11 Å². The highest BCUT2D eigenvalue weighted by atomic mass is 16.5. The SMILES string of the molecule is COc1ccc2cc(-c3nc4c(ccc5ncccc54)[nH]3)c(=O)oc2c1. The van der Waals surface area contributed by atoms with E-state index < -0.39 is 5.63 Å². The molecule has 0 saturated carbocycles. The lowest BCUT2D eigenvalue weighted by molar-refractivity contribution is 0.414. The van der Waals surface area contributed by atoms with Gasteiger partial charge in [-0.3, -0.25) is 4.98 Å². The molecule has 0 aliphatic heterocycles. The molecule has 126 valence electrons. The lowest BCUT2D eigenvalue weighted by Gasteiger charge is -2.02. The molecule has 0 aliphatic carbocycles. The normalized spacial score (nSPS) is 11.4. The lowest BCUT2D eigenvalue weighted by Crippen LogP contribution is -2.03. The molecule has 0 saturated heterocycles. The van der Waals surface area contributed by atoms with Crippen LogP contribution in [0.3, 0.4) is 0 Å². The third-order valence-corrected chi connectivity index (χ3v) is 4.43. The molecule has 0 fully saturated rings. The van der Waals surface area contributed by atoms with Crippen LogP contribution >= 0.6 is 0 Å². The molecule has 3 aromatic heterocycles. The zero-order valence-electron chi connectivity index (χ0n) is 13.8. The summed E-state index contributed by atoms with van der Waals surface area (Å²) in [6.45, 7) is 0. The third kappa shape index (κ3) is 2.16. The van der Waals surface area contributed by atoms with Crippen LogP contribution in [0.15, 0.2) is 63.9 Å². The number of aromatic nitrogens is 3. The molecule has 2 aromatic carbocycles. The van der Waals surface area contributed by atoms with E-state index in [1.54, 1.807) is 25.4 Å². The molecule has 0 bridgehead atoms. The maximum absolute atomic E-state index is 12.5. The molecule has 5 aromatic rings. The Morgan fingerprint density at radius 2 is 2.04 bits per heavy atom. The van der Waals surface area contributed by atoms with Crippen molar-refractivity contribution in [2.45, 2.75) is 0 Å². The fourth-order valence-electron chi connectivity index (χ4n) is 3.14. The van der Waals surface area contributed by atoms with Gasteiger partial charge in [0.2, 0.25) is 0 Å². The Hall–Kier alpha value is -3.67. The van der Waals surface area contributed by atoms with E-state index in [0.717, 1.165) is 27.3 Å². The predicted octanol–water partition coefficient (Wildman–Crippen LogP) is 3.89. The molecule has 0 aliphatic rings. The van der Waals surface area contributed by atoms with Crippen LogP contribution < -0.4 is 10.4 Å². The summed E-state index contributed by atoms with van der Waals surface area (Å²) in [5, 5.41) is 1.73. The van der Waals surface area contributed by atoms with Gasteiger partial charge in [0, 0.05) is 23.0 Å². The van der Waals surface area contributed by atoms with E-state index in [4.69, 9.17) is 9.15 Å². The number of imidazole rings is 1. The van der Waals surface area contributed by atoms with Crippen LogP contribution in [0.25, 0.3) is 44.3 Å². The van der Waals surface area contributed by atoms with Crippen LogP contribution in [0.1, 0.15) is 0 Å². The van der Waals surface area contributed by atoms with Gasteiger partial charge in [-0.2, -0.15) is 0 Å². The van der Waals surface area contributed by atoms with Crippen LogP contribution in [0.4, 0.5) is 0 Å². The highest BCUT2D eigenvalue weighted by Gasteiger charge is 2.14. The van der Waals surface area contributed by atoms with Gasteiger partial charge in [0.05, 0.1) is 23.7 Å². The predicted molar refractivity (Wildman–Crippen MR) is 99.4 cm³/mol. The van der Waals surface area contributed by atoms with Crippen molar-refractivity contribution in [1.82, 2.24) is 15.0 Å². The fraction of sp³-hybridized carbons (Fsp3) is 0.0500. The minimum absolute atomic E-state index is 0.385. The van der Waals surface area contributed by atoms with Crippen LogP contribution in [-0.4, -0.2) is 22.1 Å². The Morgan fingerprint density at radius 3 is 2.92 bits per heavy atom. The van der Waals surface area contributed by atoms with Gasteiger partial charge in [0.25, 0.3) is 0 Å². The number of methoxy groups -OCH3 is 1. The molecule has 6 nitrogen and oxygen atoms in total. The summed E-state index contributed by atoms with van der Waals surface area (Å²) in [6.07, 6.45) is 1.74. The summed E-state index contributed by atoms with van der Waals surface area (Å²) in [5.41, 5.74) is 2.89. The van der Waals surface area contributed by atoms with Crippen LogP contribution in [0, 0.1) is 0 Å². The first-order valence-corrected chi connectivity index (χ1v) is 8.09. The van der Waals surface area contributed by atoms with E-state index in [1.165, 1.54) is 0 Å². The van der Waals surface area contributed by atoms with Crippen molar-refractivity contribution in [3.63, 3.8) is 0 Å². The molecule has 0 spiro atoms. The van der Waals surface area contributed by atoms with Gasteiger partial charge in [-0.15, -0.1) is 0 Å². The number of H-pyrrole nitrogens is 1. The number of pyridine rings is 1. The van der Waals surface area contributed by atoms with Gasteiger partial charge in [0.1, 0.15) is 22.7 Å². The molecule has 0 unspecified atom stereocenters. The van der Waals surface area contributed by atoms with E-state index in [9.17, 15) is 4.79 Å². The average molecular weight is 343 g/mol. The molecule has 6 heteroatoms. The molecule has 26 heavy (non-hydrogen) atoms. The van der Waals surface area contributed by atoms with Crippen molar-refractivity contribution in [2.24, 2.45) is 0 Å². The average Bonchev–Trinajstić information content (AvgIpc) is 3.11. The van der Waals surface area contributed by atoms with Gasteiger partial charge >= 0.3 is 5.63 Å². The second kappa shape index (κ2) is 5.42. The van der Waals surface area contributed by atoms with Crippen LogP contribution in [0.2, 0.25) is 0 Å². The Labute approximate surface area is 147 Å². The second-order valence-corrected chi connectivity index (χ2v) is 5.97. The summed E-state index contributed by atoms with van der Waals surface area (Å²) in [5.74, 6) is 1.11. The largest absolute Gasteiger partial charge is 0.497 e. The smallest absolute Gasteiger partial charge is 0.347 e. The number of nitrogens with zero attached hydrogens (tertiary/aromatic N) is 2. The zero-order chi connectivity index (χ0) is 17.7. The molecule has 3 heterocycles. The first-order valence-electron chi connectivity index (χ1n) is 8.09. The summed E-state index contributed by atoms with van der Waals surface area (Å²) in [7, 11) is 1.57. The van der Waals surface area contributed by atoms with Crippen molar-refractivity contribution in [1.29, 1.82) is 0 Å².